The van der Waals surface area contributed by atoms with Crippen molar-refractivity contribution in [2.24, 2.45) is 0 Å². The van der Waals surface area contributed by atoms with E-state index in [4.69, 9.17) is 0 Å². The van der Waals surface area contributed by atoms with Gasteiger partial charge in [-0.25, -0.2) is 4.98 Å². The summed E-state index contributed by atoms with van der Waals surface area (Å²) in [6.45, 7) is 2.46. The Balaban J connectivity index is 1.61. The number of carbonyl (C=O) groups excluding carboxylic acids is 1. The van der Waals surface area contributed by atoms with Crippen LogP contribution in [0.15, 0.2) is 53.9 Å². The molecule has 0 amide bonds. The second-order valence-corrected chi connectivity index (χ2v) is 7.18. The van der Waals surface area contributed by atoms with Gasteiger partial charge in [0.05, 0.1) is 17.8 Å². The van der Waals surface area contributed by atoms with Crippen LogP contribution in [0.25, 0.3) is 10.6 Å². The molecule has 1 N–H and O–H groups in total. The van der Waals surface area contributed by atoms with Gasteiger partial charge in [-0.15, -0.1) is 11.3 Å². The lowest BCUT2D eigenvalue weighted by atomic mass is 10.1. The molecular formula is C21H19F3N2OS. The number of hydrogen-bond donors (Lipinski definition) is 1. The van der Waals surface area contributed by atoms with Gasteiger partial charge in [0.15, 0.2) is 5.78 Å². The Hall–Kier alpha value is -2.67. The average molecular weight is 404 g/mol. The molecule has 3 aromatic rings. The molecule has 3 rings (SSSR count). The van der Waals surface area contributed by atoms with Crippen LogP contribution in [-0.2, 0) is 12.7 Å². The number of benzene rings is 2. The normalized spacial score (nSPS) is 11.4. The summed E-state index contributed by atoms with van der Waals surface area (Å²) in [5, 5.41) is 5.78. The van der Waals surface area contributed by atoms with Gasteiger partial charge in [0.2, 0.25) is 0 Å². The molecule has 1 aromatic heterocycles. The van der Waals surface area contributed by atoms with Gasteiger partial charge in [0.25, 0.3) is 0 Å². The van der Waals surface area contributed by atoms with E-state index in [1.54, 1.807) is 12.1 Å². The summed E-state index contributed by atoms with van der Waals surface area (Å²) in [4.78, 5) is 16.3. The number of carbonyl (C=O) groups is 1. The van der Waals surface area contributed by atoms with Gasteiger partial charge in [-0.3, -0.25) is 4.79 Å². The summed E-state index contributed by atoms with van der Waals surface area (Å²) in [7, 11) is 0. The summed E-state index contributed by atoms with van der Waals surface area (Å²) in [6, 6.07) is 12.3. The standard InChI is InChI=1S/C21H19F3N2OS/c1-2-3-19(27)14-6-10-17(11-7-14)25-12-18-13-28-20(26-18)15-4-8-16(9-5-15)21(22,23)24/h4-11,13,25H,2-3,12H2,1H3. The topological polar surface area (TPSA) is 42.0 Å². The predicted molar refractivity (Wildman–Crippen MR) is 106 cm³/mol. The molecule has 0 radical (unpaired) electrons. The van der Waals surface area contributed by atoms with Gasteiger partial charge in [-0.2, -0.15) is 13.2 Å². The molecule has 0 atom stereocenters. The molecule has 0 spiro atoms. The second-order valence-electron chi connectivity index (χ2n) is 6.32. The summed E-state index contributed by atoms with van der Waals surface area (Å²) < 4.78 is 38.0. The third kappa shape index (κ3) is 4.98. The summed E-state index contributed by atoms with van der Waals surface area (Å²) >= 11 is 1.39. The van der Waals surface area contributed by atoms with E-state index in [-0.39, 0.29) is 5.78 Å². The van der Waals surface area contributed by atoms with Crippen molar-refractivity contribution in [1.82, 2.24) is 4.98 Å². The Morgan fingerprint density at radius 2 is 1.75 bits per heavy atom. The summed E-state index contributed by atoms with van der Waals surface area (Å²) in [5.74, 6) is 0.134. The van der Waals surface area contributed by atoms with Crippen LogP contribution in [0.2, 0.25) is 0 Å². The SMILES string of the molecule is CCCC(=O)c1ccc(NCc2csc(-c3ccc(C(F)(F)F)cc3)n2)cc1. The average Bonchev–Trinajstić information content (AvgIpc) is 3.15. The molecule has 0 aliphatic carbocycles. The Kier molecular flexibility index (Phi) is 6.14. The highest BCUT2D eigenvalue weighted by molar-refractivity contribution is 7.13. The fraction of sp³-hybridized carbons (Fsp3) is 0.238. The molecule has 3 nitrogen and oxygen atoms in total. The Bertz CT molecular complexity index is 932. The van der Waals surface area contributed by atoms with E-state index in [2.05, 4.69) is 10.3 Å². The van der Waals surface area contributed by atoms with Crippen molar-refractivity contribution in [3.63, 3.8) is 0 Å². The number of nitrogens with zero attached hydrogens (tertiary/aromatic N) is 1. The maximum absolute atomic E-state index is 12.7. The molecule has 0 aliphatic rings. The maximum Gasteiger partial charge on any atom is 0.416 e. The number of halogens is 3. The Morgan fingerprint density at radius 1 is 1.07 bits per heavy atom. The van der Waals surface area contributed by atoms with E-state index in [1.165, 1.54) is 23.5 Å². The molecule has 0 saturated carbocycles. The molecule has 7 heteroatoms. The van der Waals surface area contributed by atoms with E-state index in [0.717, 1.165) is 29.9 Å². The minimum absolute atomic E-state index is 0.134. The first-order valence-electron chi connectivity index (χ1n) is 8.86. The van der Waals surface area contributed by atoms with E-state index in [9.17, 15) is 18.0 Å². The minimum Gasteiger partial charge on any atom is -0.379 e. The van der Waals surface area contributed by atoms with Crippen LogP contribution in [0.4, 0.5) is 18.9 Å². The lowest BCUT2D eigenvalue weighted by molar-refractivity contribution is -0.137. The number of anilines is 1. The number of alkyl halides is 3. The van der Waals surface area contributed by atoms with Crippen molar-refractivity contribution in [1.29, 1.82) is 0 Å². The van der Waals surface area contributed by atoms with E-state index < -0.39 is 11.7 Å². The van der Waals surface area contributed by atoms with Gasteiger partial charge in [-0.1, -0.05) is 19.1 Å². The first-order chi connectivity index (χ1) is 13.4. The highest BCUT2D eigenvalue weighted by Crippen LogP contribution is 2.31. The van der Waals surface area contributed by atoms with Gasteiger partial charge >= 0.3 is 6.18 Å². The molecule has 0 unspecified atom stereocenters. The number of ketones is 1. The molecule has 0 bridgehead atoms. The third-order valence-corrected chi connectivity index (χ3v) is 5.11. The molecule has 0 saturated heterocycles. The fourth-order valence-corrected chi connectivity index (χ4v) is 3.49. The molecular weight excluding hydrogens is 385 g/mol. The van der Waals surface area contributed by atoms with Crippen molar-refractivity contribution >= 4 is 22.8 Å². The second kappa shape index (κ2) is 8.56. The van der Waals surface area contributed by atoms with Crippen molar-refractivity contribution in [3.05, 3.63) is 70.7 Å². The smallest absolute Gasteiger partial charge is 0.379 e. The quantitative estimate of drug-likeness (QED) is 0.462. The minimum atomic E-state index is -4.34. The van der Waals surface area contributed by atoms with E-state index in [0.29, 0.717) is 29.1 Å². The number of Topliss-reactive ketones (excluding diaryl/α,β-unsaturated/α-hetero) is 1. The highest BCUT2D eigenvalue weighted by Gasteiger charge is 2.30. The van der Waals surface area contributed by atoms with Gasteiger partial charge in [-0.05, 0) is 42.8 Å². The molecule has 1 heterocycles. The molecule has 2 aromatic carbocycles. The van der Waals surface area contributed by atoms with Crippen LogP contribution in [-0.4, -0.2) is 10.8 Å². The zero-order valence-corrected chi connectivity index (χ0v) is 16.0. The van der Waals surface area contributed by atoms with Crippen molar-refractivity contribution in [2.75, 3.05) is 5.32 Å². The largest absolute Gasteiger partial charge is 0.416 e. The van der Waals surface area contributed by atoms with Crippen LogP contribution in [0, 0.1) is 0 Å². The number of nitrogens with one attached hydrogen (secondary N) is 1. The van der Waals surface area contributed by atoms with Crippen LogP contribution in [0.3, 0.4) is 0 Å². The summed E-state index contributed by atoms with van der Waals surface area (Å²) in [6.07, 6.45) is -2.98. The monoisotopic (exact) mass is 404 g/mol. The van der Waals surface area contributed by atoms with Crippen LogP contribution in [0.5, 0.6) is 0 Å². The number of aromatic nitrogens is 1. The highest BCUT2D eigenvalue weighted by atomic mass is 32.1. The lowest BCUT2D eigenvalue weighted by Gasteiger charge is -2.06. The molecule has 0 fully saturated rings. The number of hydrogen-bond acceptors (Lipinski definition) is 4. The zero-order valence-electron chi connectivity index (χ0n) is 15.2. The Morgan fingerprint density at radius 3 is 2.36 bits per heavy atom. The predicted octanol–water partition coefficient (Wildman–Crippen LogP) is 6.42. The van der Waals surface area contributed by atoms with Crippen LogP contribution in [0.1, 0.15) is 41.4 Å². The lowest BCUT2D eigenvalue weighted by Crippen LogP contribution is -2.04. The van der Waals surface area contributed by atoms with Crippen molar-refractivity contribution in [3.8, 4) is 10.6 Å². The van der Waals surface area contributed by atoms with E-state index >= 15 is 0 Å². The first kappa shape index (κ1) is 20.1. The zero-order chi connectivity index (χ0) is 20.1. The van der Waals surface area contributed by atoms with Gasteiger partial charge in [0.1, 0.15) is 5.01 Å². The molecule has 0 aliphatic heterocycles. The van der Waals surface area contributed by atoms with Gasteiger partial charge < -0.3 is 5.32 Å². The van der Waals surface area contributed by atoms with E-state index in [1.807, 2.05) is 24.4 Å². The number of rotatable bonds is 7. The van der Waals surface area contributed by atoms with Crippen LogP contribution >= 0.6 is 11.3 Å². The summed E-state index contributed by atoms with van der Waals surface area (Å²) in [5.41, 5.74) is 2.35. The Labute approximate surface area is 165 Å². The van der Waals surface area contributed by atoms with Crippen molar-refractivity contribution in [2.45, 2.75) is 32.5 Å². The number of thiazole rings is 1. The van der Waals surface area contributed by atoms with Crippen LogP contribution < -0.4 is 5.32 Å². The van der Waals surface area contributed by atoms with Gasteiger partial charge in [0, 0.05) is 28.6 Å². The first-order valence-corrected chi connectivity index (χ1v) is 9.74. The van der Waals surface area contributed by atoms with Crippen molar-refractivity contribution < 1.29 is 18.0 Å². The fourth-order valence-electron chi connectivity index (χ4n) is 2.66. The molecule has 28 heavy (non-hydrogen) atoms. The third-order valence-electron chi connectivity index (χ3n) is 4.17. The molecule has 146 valence electrons. The maximum atomic E-state index is 12.7.